The Morgan fingerprint density at radius 2 is 2.00 bits per heavy atom. The minimum absolute atomic E-state index is 0.218. The molecule has 2 rings (SSSR count). The van der Waals surface area contributed by atoms with Crippen molar-refractivity contribution in [3.8, 4) is 5.75 Å². The van der Waals surface area contributed by atoms with Crippen LogP contribution in [-0.4, -0.2) is 18.0 Å². The highest BCUT2D eigenvalue weighted by Gasteiger charge is 2.07. The first kappa shape index (κ1) is 13.0. The topological polar surface area (TPSA) is 77.2 Å². The molecule has 2 aromatic rings. The number of nitrogens with one attached hydrogen (secondary N) is 1. The summed E-state index contributed by atoms with van der Waals surface area (Å²) in [6.45, 7) is 0.340. The number of pyridine rings is 1. The first-order valence-electron chi connectivity index (χ1n) is 5.84. The molecule has 1 aromatic heterocycles. The number of benzene rings is 1. The predicted octanol–water partition coefficient (Wildman–Crippen LogP) is 1.80. The van der Waals surface area contributed by atoms with Gasteiger partial charge in [0.25, 0.3) is 5.91 Å². The second kappa shape index (κ2) is 5.97. The molecule has 5 nitrogen and oxygen atoms in total. The molecule has 98 valence electrons. The summed E-state index contributed by atoms with van der Waals surface area (Å²) in [5.41, 5.74) is 6.78. The van der Waals surface area contributed by atoms with Crippen LogP contribution in [0.5, 0.6) is 5.75 Å². The van der Waals surface area contributed by atoms with Crippen LogP contribution >= 0.6 is 0 Å². The van der Waals surface area contributed by atoms with Crippen molar-refractivity contribution in [2.75, 3.05) is 12.4 Å². The van der Waals surface area contributed by atoms with Gasteiger partial charge < -0.3 is 15.8 Å². The van der Waals surface area contributed by atoms with Crippen molar-refractivity contribution in [3.63, 3.8) is 0 Å². The number of rotatable bonds is 4. The number of hydrogen-bond acceptors (Lipinski definition) is 4. The number of hydrogen-bond donors (Lipinski definition) is 2. The summed E-state index contributed by atoms with van der Waals surface area (Å²) in [5.74, 6) is 0.980. The number of aromatic nitrogens is 1. The van der Waals surface area contributed by atoms with Gasteiger partial charge in [0.2, 0.25) is 0 Å². The van der Waals surface area contributed by atoms with Gasteiger partial charge in [0.05, 0.1) is 12.8 Å². The zero-order valence-corrected chi connectivity index (χ0v) is 10.6. The molecule has 19 heavy (non-hydrogen) atoms. The Balaban J connectivity index is 2.11. The first-order chi connectivity index (χ1) is 9.22. The van der Waals surface area contributed by atoms with E-state index in [0.29, 0.717) is 23.7 Å². The lowest BCUT2D eigenvalue weighted by Gasteiger charge is -2.06. The Morgan fingerprint density at radius 1 is 1.26 bits per heavy atom. The molecule has 1 aromatic carbocycles. The third-order valence-corrected chi connectivity index (χ3v) is 2.61. The molecule has 0 radical (unpaired) electrons. The molecule has 0 atom stereocenters. The van der Waals surface area contributed by atoms with Crippen LogP contribution < -0.4 is 15.8 Å². The van der Waals surface area contributed by atoms with Crippen LogP contribution in [0.2, 0.25) is 0 Å². The summed E-state index contributed by atoms with van der Waals surface area (Å²) in [6.07, 6.45) is 0. The fraction of sp³-hybridized carbons (Fsp3) is 0.143. The largest absolute Gasteiger partial charge is 0.497 e. The summed E-state index contributed by atoms with van der Waals surface area (Å²) in [4.78, 5) is 16.2. The molecule has 0 bridgehead atoms. The fourth-order valence-corrected chi connectivity index (χ4v) is 1.59. The van der Waals surface area contributed by atoms with Crippen LogP contribution in [0.1, 0.15) is 16.1 Å². The lowest BCUT2D eigenvalue weighted by Crippen LogP contribution is -2.13. The summed E-state index contributed by atoms with van der Waals surface area (Å²) in [5, 5.41) is 2.72. The van der Waals surface area contributed by atoms with Gasteiger partial charge in [-0.05, 0) is 36.4 Å². The van der Waals surface area contributed by atoms with E-state index < -0.39 is 0 Å². The maximum Gasteiger partial charge on any atom is 0.256 e. The van der Waals surface area contributed by atoms with E-state index in [1.807, 2.05) is 6.07 Å². The average Bonchev–Trinajstić information content (AvgIpc) is 2.47. The second-order valence-electron chi connectivity index (χ2n) is 3.90. The highest BCUT2D eigenvalue weighted by Crippen LogP contribution is 2.13. The maximum atomic E-state index is 12.0. The molecule has 0 saturated heterocycles. The van der Waals surface area contributed by atoms with E-state index in [2.05, 4.69) is 10.3 Å². The Hall–Kier alpha value is -2.40. The third-order valence-electron chi connectivity index (χ3n) is 2.61. The fourth-order valence-electron chi connectivity index (χ4n) is 1.59. The van der Waals surface area contributed by atoms with Crippen LogP contribution in [0, 0.1) is 0 Å². The van der Waals surface area contributed by atoms with Gasteiger partial charge >= 0.3 is 0 Å². The molecule has 0 aliphatic heterocycles. The van der Waals surface area contributed by atoms with Crippen molar-refractivity contribution in [3.05, 3.63) is 53.7 Å². The molecule has 0 fully saturated rings. The molecule has 3 N–H and O–H groups in total. The van der Waals surface area contributed by atoms with Crippen LogP contribution in [0.25, 0.3) is 0 Å². The highest BCUT2D eigenvalue weighted by atomic mass is 16.5. The minimum atomic E-state index is -0.218. The number of nitrogens with zero attached hydrogens (tertiary/aromatic N) is 1. The molecule has 1 heterocycles. The number of carbonyl (C=O) groups excluding carboxylic acids is 1. The zero-order chi connectivity index (χ0) is 13.7. The van der Waals surface area contributed by atoms with Gasteiger partial charge in [0.1, 0.15) is 11.6 Å². The van der Waals surface area contributed by atoms with Crippen molar-refractivity contribution in [2.45, 2.75) is 6.54 Å². The minimum Gasteiger partial charge on any atom is -0.497 e. The summed E-state index contributed by atoms with van der Waals surface area (Å²) in [7, 11) is 1.58. The van der Waals surface area contributed by atoms with E-state index in [0.717, 1.165) is 5.69 Å². The summed E-state index contributed by atoms with van der Waals surface area (Å²) < 4.78 is 5.04. The van der Waals surface area contributed by atoms with Gasteiger partial charge in [-0.3, -0.25) is 4.79 Å². The molecule has 0 aliphatic rings. The number of nitrogens with two attached hydrogens (primary N) is 1. The van der Waals surface area contributed by atoms with E-state index in [1.54, 1.807) is 43.5 Å². The smallest absolute Gasteiger partial charge is 0.256 e. The maximum absolute atomic E-state index is 12.0. The SMILES string of the molecule is COc1ccc(C(=O)Nc2cccc(CN)n2)cc1. The van der Waals surface area contributed by atoms with Crippen LogP contribution in [0.3, 0.4) is 0 Å². The number of ether oxygens (including phenoxy) is 1. The van der Waals surface area contributed by atoms with E-state index in [-0.39, 0.29) is 5.91 Å². The van der Waals surface area contributed by atoms with Gasteiger partial charge in [-0.15, -0.1) is 0 Å². The number of anilines is 1. The summed E-state index contributed by atoms with van der Waals surface area (Å²) in [6, 6.07) is 12.2. The molecule has 5 heteroatoms. The summed E-state index contributed by atoms with van der Waals surface area (Å²) >= 11 is 0. The lowest BCUT2D eigenvalue weighted by molar-refractivity contribution is 0.102. The van der Waals surface area contributed by atoms with Gasteiger partial charge in [-0.2, -0.15) is 0 Å². The van der Waals surface area contributed by atoms with Crippen molar-refractivity contribution in [2.24, 2.45) is 5.73 Å². The van der Waals surface area contributed by atoms with E-state index in [1.165, 1.54) is 0 Å². The Labute approximate surface area is 111 Å². The predicted molar refractivity (Wildman–Crippen MR) is 73.1 cm³/mol. The van der Waals surface area contributed by atoms with Crippen molar-refractivity contribution < 1.29 is 9.53 Å². The Kier molecular flexibility index (Phi) is 4.10. The molecule has 0 unspecified atom stereocenters. The van der Waals surface area contributed by atoms with Gasteiger partial charge in [-0.25, -0.2) is 4.98 Å². The molecule has 1 amide bonds. The van der Waals surface area contributed by atoms with Crippen molar-refractivity contribution in [1.29, 1.82) is 0 Å². The van der Waals surface area contributed by atoms with Crippen molar-refractivity contribution in [1.82, 2.24) is 4.98 Å². The standard InChI is InChI=1S/C14H15N3O2/c1-19-12-7-5-10(6-8-12)14(18)17-13-4-2-3-11(9-15)16-13/h2-8H,9,15H2,1H3,(H,16,17,18). The Morgan fingerprint density at radius 3 is 2.63 bits per heavy atom. The number of carbonyl (C=O) groups is 1. The van der Waals surface area contributed by atoms with Crippen molar-refractivity contribution >= 4 is 11.7 Å². The normalized spacial score (nSPS) is 10.0. The van der Waals surface area contributed by atoms with Crippen LogP contribution in [0.15, 0.2) is 42.5 Å². The van der Waals surface area contributed by atoms with E-state index in [9.17, 15) is 4.79 Å². The number of methoxy groups -OCH3 is 1. The quantitative estimate of drug-likeness (QED) is 0.875. The first-order valence-corrected chi connectivity index (χ1v) is 5.84. The van der Waals surface area contributed by atoms with Gasteiger partial charge in [-0.1, -0.05) is 6.07 Å². The Bertz CT molecular complexity index is 567. The second-order valence-corrected chi connectivity index (χ2v) is 3.90. The van der Waals surface area contributed by atoms with E-state index in [4.69, 9.17) is 10.5 Å². The molecule has 0 saturated carbocycles. The lowest BCUT2D eigenvalue weighted by atomic mass is 10.2. The molecular formula is C14H15N3O2. The molecule has 0 spiro atoms. The monoisotopic (exact) mass is 257 g/mol. The average molecular weight is 257 g/mol. The highest BCUT2D eigenvalue weighted by molar-refractivity contribution is 6.03. The molecule has 0 aliphatic carbocycles. The van der Waals surface area contributed by atoms with Gasteiger partial charge in [0.15, 0.2) is 0 Å². The molecular weight excluding hydrogens is 242 g/mol. The van der Waals surface area contributed by atoms with Crippen LogP contribution in [-0.2, 0) is 6.54 Å². The van der Waals surface area contributed by atoms with Gasteiger partial charge in [0, 0.05) is 12.1 Å². The zero-order valence-electron chi connectivity index (χ0n) is 10.6. The third kappa shape index (κ3) is 3.29. The van der Waals surface area contributed by atoms with Crippen LogP contribution in [0.4, 0.5) is 5.82 Å². The number of amides is 1. The van der Waals surface area contributed by atoms with E-state index >= 15 is 0 Å².